The van der Waals surface area contributed by atoms with Crippen LogP contribution in [-0.4, -0.2) is 52.4 Å². The Morgan fingerprint density at radius 3 is 2.55 bits per heavy atom. The van der Waals surface area contributed by atoms with Crippen LogP contribution < -0.4 is 15.8 Å². The van der Waals surface area contributed by atoms with Gasteiger partial charge in [-0.05, 0) is 12.1 Å². The van der Waals surface area contributed by atoms with Gasteiger partial charge in [-0.15, -0.1) is 10.2 Å². The minimum atomic E-state index is -4.60. The zero-order valence-electron chi connectivity index (χ0n) is 15.3. The number of halogens is 6. The van der Waals surface area contributed by atoms with Gasteiger partial charge < -0.3 is 20.7 Å². The number of ether oxygens (including phenoxy) is 1. The molecular formula is C17H13ClF5N5O3. The van der Waals surface area contributed by atoms with Crippen molar-refractivity contribution in [1.29, 1.82) is 0 Å². The van der Waals surface area contributed by atoms with E-state index in [-0.39, 0.29) is 17.8 Å². The number of rotatable bonds is 6. The first kappa shape index (κ1) is 22.5. The van der Waals surface area contributed by atoms with E-state index in [0.717, 1.165) is 29.2 Å². The van der Waals surface area contributed by atoms with E-state index < -0.39 is 59.3 Å². The van der Waals surface area contributed by atoms with Crippen LogP contribution in [0, 0.1) is 11.6 Å². The number of benzene rings is 1. The molecule has 2 heterocycles. The predicted molar refractivity (Wildman–Crippen MR) is 95.0 cm³/mol. The van der Waals surface area contributed by atoms with Crippen LogP contribution in [0.25, 0.3) is 0 Å². The van der Waals surface area contributed by atoms with Crippen LogP contribution >= 0.6 is 11.6 Å². The fourth-order valence-corrected chi connectivity index (χ4v) is 3.06. The maximum absolute atomic E-state index is 14.7. The molecule has 1 aliphatic rings. The van der Waals surface area contributed by atoms with Crippen LogP contribution in [0.4, 0.5) is 26.7 Å². The molecule has 0 aliphatic carbocycles. The summed E-state index contributed by atoms with van der Waals surface area (Å²) in [4.78, 5) is 24.8. The number of amides is 3. The molecule has 0 saturated carbocycles. The maximum Gasteiger partial charge on any atom is 0.422 e. The fourth-order valence-electron chi connectivity index (χ4n) is 2.89. The van der Waals surface area contributed by atoms with Crippen LogP contribution in [0.1, 0.15) is 17.3 Å². The van der Waals surface area contributed by atoms with Crippen molar-refractivity contribution >= 4 is 23.5 Å². The second kappa shape index (κ2) is 8.49. The van der Waals surface area contributed by atoms with E-state index in [1.54, 1.807) is 0 Å². The van der Waals surface area contributed by atoms with Crippen molar-refractivity contribution in [3.63, 3.8) is 0 Å². The number of nitrogens with zero attached hydrogens (tertiary/aromatic N) is 3. The lowest BCUT2D eigenvalue weighted by atomic mass is 10.0. The topological polar surface area (TPSA) is 110 Å². The SMILES string of the molecule is NC(=O)C1CN([C@@H](c2ccc(OCC(F)(F)F)nn2)c2ccc(F)c(Cl)c2F)C(=O)N1. The molecule has 0 radical (unpaired) electrons. The van der Waals surface area contributed by atoms with E-state index in [2.05, 4.69) is 20.3 Å². The number of primary amides is 1. The molecule has 31 heavy (non-hydrogen) atoms. The third kappa shape index (κ3) is 4.93. The minimum Gasteiger partial charge on any atom is -0.467 e. The number of alkyl halides is 3. The van der Waals surface area contributed by atoms with Gasteiger partial charge in [0.05, 0.1) is 12.2 Å². The first-order valence-corrected chi connectivity index (χ1v) is 8.88. The Balaban J connectivity index is 2.00. The lowest BCUT2D eigenvalue weighted by Gasteiger charge is -2.27. The molecule has 1 fully saturated rings. The molecule has 166 valence electrons. The summed E-state index contributed by atoms with van der Waals surface area (Å²) in [6.45, 7) is -1.90. The Hall–Kier alpha value is -3.22. The normalized spacial score (nSPS) is 17.4. The fraction of sp³-hybridized carbons (Fsp3) is 0.294. The Morgan fingerprint density at radius 2 is 2.00 bits per heavy atom. The van der Waals surface area contributed by atoms with Gasteiger partial charge in [-0.25, -0.2) is 13.6 Å². The van der Waals surface area contributed by atoms with Gasteiger partial charge in [-0.1, -0.05) is 17.7 Å². The van der Waals surface area contributed by atoms with E-state index >= 15 is 0 Å². The van der Waals surface area contributed by atoms with Crippen molar-refractivity contribution < 1.29 is 36.3 Å². The first-order valence-electron chi connectivity index (χ1n) is 8.51. The van der Waals surface area contributed by atoms with Gasteiger partial charge in [0.2, 0.25) is 11.8 Å². The highest BCUT2D eigenvalue weighted by Gasteiger charge is 2.40. The number of carbonyl (C=O) groups excluding carboxylic acids is 2. The highest BCUT2D eigenvalue weighted by atomic mass is 35.5. The summed E-state index contributed by atoms with van der Waals surface area (Å²) in [6, 6.07) is 0.786. The number of hydrogen-bond acceptors (Lipinski definition) is 5. The smallest absolute Gasteiger partial charge is 0.422 e. The summed E-state index contributed by atoms with van der Waals surface area (Å²) in [7, 11) is 0. The Bertz CT molecular complexity index is 1000. The first-order chi connectivity index (χ1) is 14.5. The number of carbonyl (C=O) groups is 2. The molecule has 3 N–H and O–H groups in total. The molecule has 0 spiro atoms. The third-order valence-electron chi connectivity index (χ3n) is 4.28. The molecule has 14 heteroatoms. The third-order valence-corrected chi connectivity index (χ3v) is 4.62. The number of urea groups is 1. The van der Waals surface area contributed by atoms with Crippen molar-refractivity contribution in [2.24, 2.45) is 5.73 Å². The maximum atomic E-state index is 14.7. The monoisotopic (exact) mass is 465 g/mol. The van der Waals surface area contributed by atoms with E-state index in [4.69, 9.17) is 17.3 Å². The minimum absolute atomic E-state index is 0.110. The standard InChI is InChI=1S/C17H13ClF5N5O3/c18-12-8(19)2-1-7(13(12)20)14(28-5-10(15(24)29)25-16(28)30)9-3-4-11(27-26-9)31-6-17(21,22)23/h1-4,10,14H,5-6H2,(H2,24,29)(H,25,30)/t10?,14-/m1/s1. The second-order valence-electron chi connectivity index (χ2n) is 6.42. The van der Waals surface area contributed by atoms with Gasteiger partial charge in [-0.3, -0.25) is 4.79 Å². The average Bonchev–Trinajstić information content (AvgIpc) is 3.08. The quantitative estimate of drug-likeness (QED) is 0.502. The summed E-state index contributed by atoms with van der Waals surface area (Å²) in [6.07, 6.45) is -4.60. The molecule has 1 saturated heterocycles. The zero-order valence-corrected chi connectivity index (χ0v) is 16.0. The van der Waals surface area contributed by atoms with Crippen molar-refractivity contribution in [1.82, 2.24) is 20.4 Å². The predicted octanol–water partition coefficient (Wildman–Crippen LogP) is 2.32. The van der Waals surface area contributed by atoms with Crippen molar-refractivity contribution in [3.05, 3.63) is 52.2 Å². The molecular weight excluding hydrogens is 453 g/mol. The van der Waals surface area contributed by atoms with E-state index in [9.17, 15) is 31.5 Å². The van der Waals surface area contributed by atoms with Gasteiger partial charge in [0.15, 0.2) is 6.61 Å². The molecule has 1 unspecified atom stereocenters. The van der Waals surface area contributed by atoms with E-state index in [1.165, 1.54) is 0 Å². The van der Waals surface area contributed by atoms with Crippen molar-refractivity contribution in [2.45, 2.75) is 18.3 Å². The van der Waals surface area contributed by atoms with Crippen molar-refractivity contribution in [3.8, 4) is 5.88 Å². The molecule has 2 atom stereocenters. The average molecular weight is 466 g/mol. The molecule has 1 aromatic carbocycles. The number of nitrogens with one attached hydrogen (secondary N) is 1. The Morgan fingerprint density at radius 1 is 1.29 bits per heavy atom. The van der Waals surface area contributed by atoms with Crippen LogP contribution in [0.5, 0.6) is 5.88 Å². The number of aromatic nitrogens is 2. The Labute approximate surface area is 176 Å². The van der Waals surface area contributed by atoms with Crippen LogP contribution in [0.15, 0.2) is 24.3 Å². The molecule has 3 rings (SSSR count). The van der Waals surface area contributed by atoms with E-state index in [0.29, 0.717) is 0 Å². The van der Waals surface area contributed by atoms with Crippen LogP contribution in [0.3, 0.4) is 0 Å². The van der Waals surface area contributed by atoms with Crippen LogP contribution in [-0.2, 0) is 4.79 Å². The molecule has 1 aromatic heterocycles. The molecule has 0 bridgehead atoms. The molecule has 2 aromatic rings. The van der Waals surface area contributed by atoms with Gasteiger partial charge in [-0.2, -0.15) is 13.2 Å². The Kier molecular flexibility index (Phi) is 6.15. The zero-order chi connectivity index (χ0) is 22.9. The highest BCUT2D eigenvalue weighted by Crippen LogP contribution is 2.34. The highest BCUT2D eigenvalue weighted by molar-refractivity contribution is 6.31. The lowest BCUT2D eigenvalue weighted by Crippen LogP contribution is -2.39. The van der Waals surface area contributed by atoms with Crippen molar-refractivity contribution in [2.75, 3.05) is 13.2 Å². The van der Waals surface area contributed by atoms with Crippen LogP contribution in [0.2, 0.25) is 5.02 Å². The van der Waals surface area contributed by atoms with E-state index in [1.807, 2.05) is 0 Å². The van der Waals surface area contributed by atoms with Gasteiger partial charge in [0.25, 0.3) is 0 Å². The lowest BCUT2D eigenvalue weighted by molar-refractivity contribution is -0.154. The van der Waals surface area contributed by atoms with Gasteiger partial charge >= 0.3 is 12.2 Å². The number of nitrogens with two attached hydrogens (primary N) is 1. The number of hydrogen-bond donors (Lipinski definition) is 2. The summed E-state index contributed by atoms with van der Waals surface area (Å²) in [5.41, 5.74) is 4.80. The summed E-state index contributed by atoms with van der Waals surface area (Å²) in [5.74, 6) is -3.57. The largest absolute Gasteiger partial charge is 0.467 e. The summed E-state index contributed by atoms with van der Waals surface area (Å²) >= 11 is 5.64. The second-order valence-corrected chi connectivity index (χ2v) is 6.80. The molecule has 8 nitrogen and oxygen atoms in total. The van der Waals surface area contributed by atoms with Gasteiger partial charge in [0.1, 0.15) is 28.7 Å². The molecule has 1 aliphatic heterocycles. The summed E-state index contributed by atoms with van der Waals surface area (Å²) < 4.78 is 69.7. The summed E-state index contributed by atoms with van der Waals surface area (Å²) in [5, 5.41) is 8.67. The van der Waals surface area contributed by atoms with Gasteiger partial charge in [0, 0.05) is 11.6 Å². The molecule has 3 amide bonds.